The molecular formula is C25H25N3O2. The zero-order valence-corrected chi connectivity index (χ0v) is 17.5. The number of fused-ring (bicyclic) bond motifs is 2. The van der Waals surface area contributed by atoms with Gasteiger partial charge >= 0.3 is 0 Å². The van der Waals surface area contributed by atoms with E-state index in [1.807, 2.05) is 36.4 Å². The molecule has 0 spiro atoms. The number of benzene rings is 2. The second kappa shape index (κ2) is 6.94. The van der Waals surface area contributed by atoms with Gasteiger partial charge in [-0.05, 0) is 23.5 Å². The van der Waals surface area contributed by atoms with Gasteiger partial charge < -0.3 is 4.74 Å². The van der Waals surface area contributed by atoms with E-state index in [9.17, 15) is 4.79 Å². The van der Waals surface area contributed by atoms with E-state index in [2.05, 4.69) is 42.2 Å². The second-order valence-corrected chi connectivity index (χ2v) is 8.99. The van der Waals surface area contributed by atoms with Crippen molar-refractivity contribution in [2.45, 2.75) is 32.6 Å². The zero-order chi connectivity index (χ0) is 20.9. The Morgan fingerprint density at radius 1 is 1.00 bits per heavy atom. The van der Waals surface area contributed by atoms with Gasteiger partial charge in [-0.3, -0.25) is 9.89 Å². The van der Waals surface area contributed by atoms with Gasteiger partial charge in [0, 0.05) is 29.2 Å². The standard InChI is InChI=1S/C25H25N3O2/c1-25(2)13-17-21(18(29)14-25)20(16-11-7-8-12-19(16)30-3)22-23(27-28-24(22)26-17)15-9-5-4-6-10-15/h4-12,20-21H,13-14H2,1-3H3,(H,27,28). The monoisotopic (exact) mass is 399 g/mol. The number of nitrogens with zero attached hydrogens (tertiary/aromatic N) is 2. The Bertz CT molecular complexity index is 1140. The maximum absolute atomic E-state index is 13.5. The van der Waals surface area contributed by atoms with E-state index in [0.29, 0.717) is 12.2 Å². The van der Waals surface area contributed by atoms with Crippen molar-refractivity contribution in [2.24, 2.45) is 16.3 Å². The number of aromatic nitrogens is 2. The fourth-order valence-electron chi connectivity index (χ4n) is 5.02. The summed E-state index contributed by atoms with van der Waals surface area (Å²) < 4.78 is 5.71. The van der Waals surface area contributed by atoms with Gasteiger partial charge in [0.15, 0.2) is 5.82 Å². The number of para-hydroxylation sites is 1. The molecule has 2 aliphatic rings. The van der Waals surface area contributed by atoms with Crippen LogP contribution in [0.25, 0.3) is 11.3 Å². The fourth-order valence-corrected chi connectivity index (χ4v) is 5.02. The van der Waals surface area contributed by atoms with Gasteiger partial charge in [-0.2, -0.15) is 5.10 Å². The number of carbonyl (C=O) groups is 1. The molecule has 3 aromatic rings. The van der Waals surface area contributed by atoms with Crippen LogP contribution in [0.2, 0.25) is 0 Å². The SMILES string of the molecule is COc1ccccc1C1c2c(n[nH]c2-c2ccccc2)N=C2CC(C)(C)CC(=O)C21. The lowest BCUT2D eigenvalue weighted by atomic mass is 9.63. The van der Waals surface area contributed by atoms with Crippen molar-refractivity contribution in [1.82, 2.24) is 10.2 Å². The number of H-pyrrole nitrogens is 1. The summed E-state index contributed by atoms with van der Waals surface area (Å²) in [6, 6.07) is 18.1. The molecule has 1 aliphatic carbocycles. The first-order valence-electron chi connectivity index (χ1n) is 10.4. The summed E-state index contributed by atoms with van der Waals surface area (Å²) in [6.07, 6.45) is 1.35. The lowest BCUT2D eigenvalue weighted by Gasteiger charge is -2.40. The Labute approximate surface area is 176 Å². The van der Waals surface area contributed by atoms with Crippen molar-refractivity contribution in [2.75, 3.05) is 7.11 Å². The first-order valence-corrected chi connectivity index (χ1v) is 10.4. The summed E-state index contributed by atoms with van der Waals surface area (Å²) in [4.78, 5) is 18.4. The van der Waals surface area contributed by atoms with Crippen molar-refractivity contribution < 1.29 is 9.53 Å². The van der Waals surface area contributed by atoms with Crippen LogP contribution in [-0.4, -0.2) is 28.8 Å². The first-order chi connectivity index (χ1) is 14.5. The summed E-state index contributed by atoms with van der Waals surface area (Å²) >= 11 is 0. The zero-order valence-electron chi connectivity index (χ0n) is 17.5. The highest BCUT2D eigenvalue weighted by Crippen LogP contribution is 2.52. The molecule has 152 valence electrons. The Kier molecular flexibility index (Phi) is 4.35. The molecule has 1 aliphatic heterocycles. The fraction of sp³-hybridized carbons (Fsp3) is 0.320. The van der Waals surface area contributed by atoms with E-state index in [1.54, 1.807) is 7.11 Å². The summed E-state index contributed by atoms with van der Waals surface area (Å²) in [6.45, 7) is 4.27. The topological polar surface area (TPSA) is 67.3 Å². The molecule has 0 saturated heterocycles. The van der Waals surface area contributed by atoms with E-state index in [0.717, 1.165) is 40.3 Å². The number of methoxy groups -OCH3 is 1. The lowest BCUT2D eigenvalue weighted by Crippen LogP contribution is -2.42. The summed E-state index contributed by atoms with van der Waals surface area (Å²) in [5, 5.41) is 7.77. The average Bonchev–Trinajstić information content (AvgIpc) is 3.15. The quantitative estimate of drug-likeness (QED) is 0.649. The molecule has 5 nitrogen and oxygen atoms in total. The first kappa shape index (κ1) is 18.8. The van der Waals surface area contributed by atoms with Gasteiger partial charge in [0.2, 0.25) is 0 Å². The third-order valence-electron chi connectivity index (χ3n) is 6.23. The molecule has 0 bridgehead atoms. The normalized spacial score (nSPS) is 22.1. The van der Waals surface area contributed by atoms with Crippen molar-refractivity contribution in [3.8, 4) is 17.0 Å². The maximum atomic E-state index is 13.5. The molecule has 2 atom stereocenters. The van der Waals surface area contributed by atoms with E-state index in [-0.39, 0.29) is 23.0 Å². The van der Waals surface area contributed by atoms with Crippen LogP contribution < -0.4 is 4.74 Å². The minimum Gasteiger partial charge on any atom is -0.496 e. The van der Waals surface area contributed by atoms with Crippen molar-refractivity contribution in [3.05, 3.63) is 65.7 Å². The molecule has 1 saturated carbocycles. The van der Waals surface area contributed by atoms with Gasteiger partial charge in [0.05, 0.1) is 18.7 Å². The predicted molar refractivity (Wildman–Crippen MR) is 117 cm³/mol. The van der Waals surface area contributed by atoms with Crippen LogP contribution in [0.5, 0.6) is 5.75 Å². The third kappa shape index (κ3) is 2.96. The molecule has 1 N–H and O–H groups in total. The van der Waals surface area contributed by atoms with Gasteiger partial charge in [0.1, 0.15) is 11.5 Å². The highest BCUT2D eigenvalue weighted by molar-refractivity contribution is 6.11. The van der Waals surface area contributed by atoms with Crippen LogP contribution in [0.1, 0.15) is 43.7 Å². The molecule has 1 aromatic heterocycles. The molecule has 2 heterocycles. The molecule has 30 heavy (non-hydrogen) atoms. The summed E-state index contributed by atoms with van der Waals surface area (Å²) in [7, 11) is 1.68. The smallest absolute Gasteiger partial charge is 0.178 e. The lowest BCUT2D eigenvalue weighted by molar-refractivity contribution is -0.124. The minimum atomic E-state index is -0.290. The predicted octanol–water partition coefficient (Wildman–Crippen LogP) is 5.31. The van der Waals surface area contributed by atoms with Crippen molar-refractivity contribution >= 4 is 17.3 Å². The van der Waals surface area contributed by atoms with Crippen LogP contribution in [0, 0.1) is 11.3 Å². The van der Waals surface area contributed by atoms with Gasteiger partial charge in [-0.1, -0.05) is 62.4 Å². The van der Waals surface area contributed by atoms with Crippen LogP contribution >= 0.6 is 0 Å². The van der Waals surface area contributed by atoms with Crippen LogP contribution in [0.4, 0.5) is 5.82 Å². The summed E-state index contributed by atoms with van der Waals surface area (Å²) in [5.41, 5.74) is 4.78. The highest BCUT2D eigenvalue weighted by atomic mass is 16.5. The number of hydrogen-bond donors (Lipinski definition) is 1. The Morgan fingerprint density at radius 3 is 2.50 bits per heavy atom. The molecule has 5 heteroatoms. The average molecular weight is 399 g/mol. The number of carbonyl (C=O) groups excluding carboxylic acids is 1. The number of nitrogens with one attached hydrogen (secondary N) is 1. The molecule has 2 unspecified atom stereocenters. The second-order valence-electron chi connectivity index (χ2n) is 8.99. The minimum absolute atomic E-state index is 0.0895. The third-order valence-corrected chi connectivity index (χ3v) is 6.23. The number of ether oxygens (including phenoxy) is 1. The van der Waals surface area contributed by atoms with E-state index in [1.165, 1.54) is 0 Å². The van der Waals surface area contributed by atoms with Gasteiger partial charge in [0.25, 0.3) is 0 Å². The van der Waals surface area contributed by atoms with Crippen LogP contribution in [0.3, 0.4) is 0 Å². The van der Waals surface area contributed by atoms with E-state index in [4.69, 9.17) is 9.73 Å². The van der Waals surface area contributed by atoms with E-state index >= 15 is 0 Å². The molecule has 0 radical (unpaired) electrons. The highest BCUT2D eigenvalue weighted by Gasteiger charge is 2.47. The van der Waals surface area contributed by atoms with E-state index < -0.39 is 0 Å². The van der Waals surface area contributed by atoms with Crippen LogP contribution in [0.15, 0.2) is 59.6 Å². The van der Waals surface area contributed by atoms with Gasteiger partial charge in [-0.25, -0.2) is 4.99 Å². The number of hydrogen-bond acceptors (Lipinski definition) is 4. The van der Waals surface area contributed by atoms with Gasteiger partial charge in [-0.15, -0.1) is 0 Å². The molecule has 5 rings (SSSR count). The van der Waals surface area contributed by atoms with Crippen molar-refractivity contribution in [1.29, 1.82) is 0 Å². The summed E-state index contributed by atoms with van der Waals surface area (Å²) in [5.74, 6) is 1.24. The Morgan fingerprint density at radius 2 is 1.73 bits per heavy atom. The number of Topliss-reactive ketones (excluding diaryl/α,β-unsaturated/α-hetero) is 1. The number of rotatable bonds is 3. The molecule has 0 amide bonds. The number of aromatic amines is 1. The largest absolute Gasteiger partial charge is 0.496 e. The molecule has 2 aromatic carbocycles. The van der Waals surface area contributed by atoms with Crippen molar-refractivity contribution in [3.63, 3.8) is 0 Å². The molecular weight excluding hydrogens is 374 g/mol. The Balaban J connectivity index is 1.77. The number of ketones is 1. The number of aliphatic imine (C=N–C) groups is 1. The maximum Gasteiger partial charge on any atom is 0.178 e. The molecule has 1 fully saturated rings. The Hall–Kier alpha value is -3.21. The van der Waals surface area contributed by atoms with Crippen LogP contribution in [-0.2, 0) is 4.79 Å².